The summed E-state index contributed by atoms with van der Waals surface area (Å²) in [5, 5.41) is 8.90. The van der Waals surface area contributed by atoms with Crippen LogP contribution in [0.25, 0.3) is 0 Å². The topological polar surface area (TPSA) is 37.6 Å². The summed E-state index contributed by atoms with van der Waals surface area (Å²) in [6.07, 6.45) is 3.38. The average Bonchev–Trinajstić information content (AvgIpc) is 2.33. The number of benzene rings is 1. The SMILES string of the molecule is Clc1ccc(CN=Nc2ccncc2)cc1. The van der Waals surface area contributed by atoms with Crippen molar-refractivity contribution in [2.24, 2.45) is 10.2 Å². The van der Waals surface area contributed by atoms with E-state index in [2.05, 4.69) is 15.2 Å². The highest BCUT2D eigenvalue weighted by Crippen LogP contribution is 2.12. The summed E-state index contributed by atoms with van der Waals surface area (Å²) in [7, 11) is 0. The van der Waals surface area contributed by atoms with Crippen molar-refractivity contribution in [1.82, 2.24) is 4.98 Å². The number of halogens is 1. The van der Waals surface area contributed by atoms with Gasteiger partial charge < -0.3 is 0 Å². The van der Waals surface area contributed by atoms with Crippen molar-refractivity contribution in [3.8, 4) is 0 Å². The Hall–Kier alpha value is -1.74. The summed E-state index contributed by atoms with van der Waals surface area (Å²) in [5.41, 5.74) is 1.89. The zero-order chi connectivity index (χ0) is 11.2. The summed E-state index contributed by atoms with van der Waals surface area (Å²) >= 11 is 5.78. The number of aromatic nitrogens is 1. The van der Waals surface area contributed by atoms with Crippen molar-refractivity contribution in [2.45, 2.75) is 6.54 Å². The lowest BCUT2D eigenvalue weighted by atomic mass is 10.2. The minimum atomic E-state index is 0.555. The Morgan fingerprint density at radius 3 is 2.38 bits per heavy atom. The van der Waals surface area contributed by atoms with Crippen LogP contribution in [0.2, 0.25) is 5.02 Å². The van der Waals surface area contributed by atoms with Gasteiger partial charge in [0.25, 0.3) is 0 Å². The molecule has 0 atom stereocenters. The lowest BCUT2D eigenvalue weighted by Gasteiger charge is -1.95. The smallest absolute Gasteiger partial charge is 0.0883 e. The molecule has 0 aliphatic carbocycles. The van der Waals surface area contributed by atoms with Crippen molar-refractivity contribution in [1.29, 1.82) is 0 Å². The molecule has 0 saturated heterocycles. The van der Waals surface area contributed by atoms with Crippen LogP contribution in [0.1, 0.15) is 5.56 Å². The highest BCUT2D eigenvalue weighted by atomic mass is 35.5. The van der Waals surface area contributed by atoms with Crippen LogP contribution in [-0.4, -0.2) is 4.98 Å². The van der Waals surface area contributed by atoms with Crippen LogP contribution in [0.5, 0.6) is 0 Å². The van der Waals surface area contributed by atoms with Gasteiger partial charge in [0.15, 0.2) is 0 Å². The maximum Gasteiger partial charge on any atom is 0.0883 e. The Morgan fingerprint density at radius 1 is 1.00 bits per heavy atom. The molecule has 0 radical (unpaired) electrons. The summed E-state index contributed by atoms with van der Waals surface area (Å²) in [6, 6.07) is 11.2. The van der Waals surface area contributed by atoms with E-state index in [0.29, 0.717) is 6.54 Å². The molecule has 0 fully saturated rings. The molecule has 2 aromatic rings. The number of nitrogens with zero attached hydrogens (tertiary/aromatic N) is 3. The van der Waals surface area contributed by atoms with Gasteiger partial charge in [-0.1, -0.05) is 23.7 Å². The third-order valence-electron chi connectivity index (χ3n) is 2.02. The van der Waals surface area contributed by atoms with Gasteiger partial charge in [-0.2, -0.15) is 10.2 Å². The first kappa shape index (κ1) is 10.8. The summed E-state index contributed by atoms with van der Waals surface area (Å²) in [4.78, 5) is 3.90. The van der Waals surface area contributed by atoms with Crippen LogP contribution < -0.4 is 0 Å². The van der Waals surface area contributed by atoms with E-state index in [-0.39, 0.29) is 0 Å². The molecule has 1 aromatic carbocycles. The van der Waals surface area contributed by atoms with Crippen LogP contribution >= 0.6 is 11.6 Å². The van der Waals surface area contributed by atoms with Gasteiger partial charge in [0.05, 0.1) is 12.2 Å². The molecule has 4 heteroatoms. The largest absolute Gasteiger partial charge is 0.265 e. The first-order valence-electron chi connectivity index (χ1n) is 4.86. The zero-order valence-electron chi connectivity index (χ0n) is 8.55. The minimum absolute atomic E-state index is 0.555. The van der Waals surface area contributed by atoms with Gasteiger partial charge in [0, 0.05) is 17.4 Å². The van der Waals surface area contributed by atoms with Crippen LogP contribution in [0.4, 0.5) is 5.69 Å². The van der Waals surface area contributed by atoms with Gasteiger partial charge in [0.2, 0.25) is 0 Å². The maximum absolute atomic E-state index is 5.78. The number of azo groups is 1. The second kappa shape index (κ2) is 5.37. The minimum Gasteiger partial charge on any atom is -0.265 e. The third kappa shape index (κ3) is 3.14. The highest BCUT2D eigenvalue weighted by molar-refractivity contribution is 6.30. The second-order valence-electron chi connectivity index (χ2n) is 3.23. The van der Waals surface area contributed by atoms with Crippen LogP contribution in [0, 0.1) is 0 Å². The van der Waals surface area contributed by atoms with Crippen molar-refractivity contribution >= 4 is 17.3 Å². The van der Waals surface area contributed by atoms with E-state index in [1.165, 1.54) is 0 Å². The third-order valence-corrected chi connectivity index (χ3v) is 2.27. The van der Waals surface area contributed by atoms with E-state index < -0.39 is 0 Å². The quantitative estimate of drug-likeness (QED) is 0.735. The second-order valence-corrected chi connectivity index (χ2v) is 3.67. The van der Waals surface area contributed by atoms with Gasteiger partial charge in [-0.25, -0.2) is 0 Å². The number of hydrogen-bond donors (Lipinski definition) is 0. The molecule has 0 aliphatic heterocycles. The predicted octanol–water partition coefficient (Wildman–Crippen LogP) is 4.02. The van der Waals surface area contributed by atoms with Gasteiger partial charge >= 0.3 is 0 Å². The van der Waals surface area contributed by atoms with Crippen molar-refractivity contribution < 1.29 is 0 Å². The number of pyridine rings is 1. The molecule has 0 N–H and O–H groups in total. The van der Waals surface area contributed by atoms with Gasteiger partial charge in [-0.3, -0.25) is 4.98 Å². The fourth-order valence-corrected chi connectivity index (χ4v) is 1.33. The first-order valence-corrected chi connectivity index (χ1v) is 5.24. The van der Waals surface area contributed by atoms with E-state index in [9.17, 15) is 0 Å². The Bertz CT molecular complexity index is 465. The molecular weight excluding hydrogens is 222 g/mol. The lowest BCUT2D eigenvalue weighted by molar-refractivity contribution is 0.958. The van der Waals surface area contributed by atoms with E-state index in [1.54, 1.807) is 12.4 Å². The molecule has 0 unspecified atom stereocenters. The Labute approximate surface area is 98.8 Å². The molecule has 0 amide bonds. The normalized spacial score (nSPS) is 10.8. The van der Waals surface area contributed by atoms with Crippen LogP contribution in [0.15, 0.2) is 59.0 Å². The fourth-order valence-electron chi connectivity index (χ4n) is 1.20. The molecule has 3 nitrogen and oxygen atoms in total. The Balaban J connectivity index is 1.97. The molecular formula is C12H10ClN3. The summed E-state index contributed by atoms with van der Waals surface area (Å²) < 4.78 is 0. The van der Waals surface area contributed by atoms with E-state index in [4.69, 9.17) is 11.6 Å². The van der Waals surface area contributed by atoms with E-state index in [1.807, 2.05) is 36.4 Å². The average molecular weight is 232 g/mol. The van der Waals surface area contributed by atoms with Gasteiger partial charge in [0.1, 0.15) is 0 Å². The van der Waals surface area contributed by atoms with E-state index in [0.717, 1.165) is 16.3 Å². The molecule has 0 aliphatic rings. The molecule has 16 heavy (non-hydrogen) atoms. The first-order chi connectivity index (χ1) is 7.84. The lowest BCUT2D eigenvalue weighted by Crippen LogP contribution is -1.78. The molecule has 0 saturated carbocycles. The van der Waals surface area contributed by atoms with Gasteiger partial charge in [-0.15, -0.1) is 0 Å². The van der Waals surface area contributed by atoms with Crippen LogP contribution in [0.3, 0.4) is 0 Å². The fraction of sp³-hybridized carbons (Fsp3) is 0.0833. The molecule has 80 valence electrons. The number of hydrogen-bond acceptors (Lipinski definition) is 3. The van der Waals surface area contributed by atoms with Crippen molar-refractivity contribution in [2.75, 3.05) is 0 Å². The van der Waals surface area contributed by atoms with Crippen molar-refractivity contribution in [3.63, 3.8) is 0 Å². The van der Waals surface area contributed by atoms with Crippen molar-refractivity contribution in [3.05, 3.63) is 59.4 Å². The standard InChI is InChI=1S/C12H10ClN3/c13-11-3-1-10(2-4-11)9-15-16-12-5-7-14-8-6-12/h1-8H,9H2. The Morgan fingerprint density at radius 2 is 1.69 bits per heavy atom. The summed E-state index contributed by atoms with van der Waals surface area (Å²) in [5.74, 6) is 0. The maximum atomic E-state index is 5.78. The number of rotatable bonds is 3. The molecule has 2 rings (SSSR count). The van der Waals surface area contributed by atoms with E-state index >= 15 is 0 Å². The van der Waals surface area contributed by atoms with Crippen LogP contribution in [-0.2, 0) is 6.54 Å². The molecule has 0 bridgehead atoms. The Kier molecular flexibility index (Phi) is 3.62. The monoisotopic (exact) mass is 231 g/mol. The zero-order valence-corrected chi connectivity index (χ0v) is 9.30. The highest BCUT2D eigenvalue weighted by Gasteiger charge is 1.91. The molecule has 1 aromatic heterocycles. The van der Waals surface area contributed by atoms with Gasteiger partial charge in [-0.05, 0) is 29.8 Å². The molecule has 0 spiro atoms. The summed E-state index contributed by atoms with van der Waals surface area (Å²) in [6.45, 7) is 0.555. The molecule has 1 heterocycles. The predicted molar refractivity (Wildman–Crippen MR) is 63.9 cm³/mol.